The molecular formula is C18H31IN4O3S. The first-order chi connectivity index (χ1) is 12.5. The standard InChI is InChI=1S/C18H30N4O3S.HI/c1-15-6-8-17(9-7-15)25-12-10-20-18(19-2)21-11-13-26(23,24)22-14-16-4-3-5-16;/h6-9,16,22H,3-5,10-14H2,1-2H3,(H2,19,20,21);1H. The maximum atomic E-state index is 12.0. The van der Waals surface area contributed by atoms with Crippen LogP contribution in [0.1, 0.15) is 24.8 Å². The minimum Gasteiger partial charge on any atom is -0.492 e. The highest BCUT2D eigenvalue weighted by Gasteiger charge is 2.19. The van der Waals surface area contributed by atoms with Gasteiger partial charge in [0, 0.05) is 20.1 Å². The van der Waals surface area contributed by atoms with Crippen molar-refractivity contribution in [3.8, 4) is 5.75 Å². The number of ether oxygens (including phenoxy) is 1. The van der Waals surface area contributed by atoms with Gasteiger partial charge in [-0.1, -0.05) is 24.1 Å². The summed E-state index contributed by atoms with van der Waals surface area (Å²) in [6, 6.07) is 7.87. The van der Waals surface area contributed by atoms with Crippen LogP contribution < -0.4 is 20.1 Å². The number of halogens is 1. The zero-order valence-corrected chi connectivity index (χ0v) is 19.2. The van der Waals surface area contributed by atoms with E-state index < -0.39 is 10.0 Å². The van der Waals surface area contributed by atoms with Crippen LogP contribution in [0, 0.1) is 12.8 Å². The molecule has 1 aromatic carbocycles. The summed E-state index contributed by atoms with van der Waals surface area (Å²) in [5.74, 6) is 1.93. The maximum absolute atomic E-state index is 12.0. The lowest BCUT2D eigenvalue weighted by Gasteiger charge is -2.25. The summed E-state index contributed by atoms with van der Waals surface area (Å²) in [5.41, 5.74) is 1.19. The Balaban J connectivity index is 0.00000364. The van der Waals surface area contributed by atoms with Gasteiger partial charge in [0.2, 0.25) is 10.0 Å². The van der Waals surface area contributed by atoms with Gasteiger partial charge in [-0.15, -0.1) is 24.0 Å². The van der Waals surface area contributed by atoms with Crippen LogP contribution >= 0.6 is 24.0 Å². The maximum Gasteiger partial charge on any atom is 0.213 e. The zero-order chi connectivity index (χ0) is 18.8. The molecule has 0 unspecified atom stereocenters. The molecule has 0 saturated heterocycles. The third kappa shape index (κ3) is 9.61. The molecule has 0 bridgehead atoms. The fraction of sp³-hybridized carbons (Fsp3) is 0.611. The summed E-state index contributed by atoms with van der Waals surface area (Å²) in [6.45, 7) is 3.96. The minimum absolute atomic E-state index is 0. The summed E-state index contributed by atoms with van der Waals surface area (Å²) < 4.78 is 32.2. The van der Waals surface area contributed by atoms with E-state index in [4.69, 9.17) is 4.74 Å². The van der Waals surface area contributed by atoms with Crippen molar-refractivity contribution in [2.24, 2.45) is 10.9 Å². The van der Waals surface area contributed by atoms with E-state index in [0.717, 1.165) is 18.6 Å². The molecule has 0 heterocycles. The van der Waals surface area contributed by atoms with Crippen molar-refractivity contribution in [3.05, 3.63) is 29.8 Å². The highest BCUT2D eigenvalue weighted by molar-refractivity contribution is 14.0. The Hall–Kier alpha value is -1.07. The first kappa shape index (κ1) is 24.0. The Morgan fingerprint density at radius 3 is 2.44 bits per heavy atom. The Morgan fingerprint density at radius 1 is 1.19 bits per heavy atom. The molecule has 7 nitrogen and oxygen atoms in total. The molecule has 0 spiro atoms. The number of nitrogens with zero attached hydrogens (tertiary/aromatic N) is 1. The summed E-state index contributed by atoms with van der Waals surface area (Å²) in [7, 11) is -1.59. The number of guanidine groups is 1. The second-order valence-corrected chi connectivity index (χ2v) is 8.48. The largest absolute Gasteiger partial charge is 0.492 e. The normalized spacial score (nSPS) is 14.8. The van der Waals surface area contributed by atoms with E-state index in [1.54, 1.807) is 7.05 Å². The third-order valence-electron chi connectivity index (χ3n) is 4.39. The van der Waals surface area contributed by atoms with Gasteiger partial charge in [-0.05, 0) is 37.8 Å². The van der Waals surface area contributed by atoms with E-state index in [1.807, 2.05) is 31.2 Å². The van der Waals surface area contributed by atoms with Gasteiger partial charge >= 0.3 is 0 Å². The summed E-state index contributed by atoms with van der Waals surface area (Å²) in [4.78, 5) is 4.08. The van der Waals surface area contributed by atoms with E-state index in [1.165, 1.54) is 12.0 Å². The SMILES string of the molecule is CN=C(NCCOc1ccc(C)cc1)NCCS(=O)(=O)NCC1CCC1.I. The lowest BCUT2D eigenvalue weighted by molar-refractivity contribution is 0.316. The topological polar surface area (TPSA) is 91.8 Å². The summed E-state index contributed by atoms with van der Waals surface area (Å²) >= 11 is 0. The van der Waals surface area contributed by atoms with Crippen molar-refractivity contribution in [1.82, 2.24) is 15.4 Å². The Bertz CT molecular complexity index is 676. The molecule has 154 valence electrons. The molecule has 0 amide bonds. The van der Waals surface area contributed by atoms with Gasteiger partial charge in [-0.25, -0.2) is 13.1 Å². The van der Waals surface area contributed by atoms with E-state index in [0.29, 0.717) is 38.1 Å². The molecule has 0 radical (unpaired) electrons. The average molecular weight is 510 g/mol. The number of rotatable bonds is 10. The molecule has 9 heteroatoms. The zero-order valence-electron chi connectivity index (χ0n) is 16.0. The van der Waals surface area contributed by atoms with Crippen LogP contribution in [-0.4, -0.2) is 53.4 Å². The predicted octanol–water partition coefficient (Wildman–Crippen LogP) is 1.88. The predicted molar refractivity (Wildman–Crippen MR) is 121 cm³/mol. The van der Waals surface area contributed by atoms with Crippen molar-refractivity contribution >= 4 is 40.0 Å². The quantitative estimate of drug-likeness (QED) is 0.194. The lowest BCUT2D eigenvalue weighted by Crippen LogP contribution is -2.43. The second-order valence-electron chi connectivity index (χ2n) is 6.55. The Kier molecular flexibility index (Phi) is 11.0. The van der Waals surface area contributed by atoms with Gasteiger partial charge in [0.1, 0.15) is 12.4 Å². The third-order valence-corrected chi connectivity index (χ3v) is 5.74. The Labute approximate surface area is 179 Å². The molecule has 0 atom stereocenters. The van der Waals surface area contributed by atoms with Crippen LogP contribution in [0.5, 0.6) is 5.75 Å². The molecule has 1 saturated carbocycles. The monoisotopic (exact) mass is 510 g/mol. The van der Waals surface area contributed by atoms with Crippen LogP contribution in [0.4, 0.5) is 0 Å². The van der Waals surface area contributed by atoms with Crippen molar-refractivity contribution in [1.29, 1.82) is 0 Å². The van der Waals surface area contributed by atoms with E-state index in [9.17, 15) is 8.42 Å². The van der Waals surface area contributed by atoms with Crippen LogP contribution in [0.2, 0.25) is 0 Å². The van der Waals surface area contributed by atoms with Gasteiger partial charge in [0.25, 0.3) is 0 Å². The number of aryl methyl sites for hydroxylation is 1. The fourth-order valence-corrected chi connectivity index (χ4v) is 3.52. The fourth-order valence-electron chi connectivity index (χ4n) is 2.51. The molecule has 3 N–H and O–H groups in total. The van der Waals surface area contributed by atoms with Gasteiger partial charge in [0.15, 0.2) is 5.96 Å². The van der Waals surface area contributed by atoms with Crippen molar-refractivity contribution < 1.29 is 13.2 Å². The highest BCUT2D eigenvalue weighted by Crippen LogP contribution is 2.25. The van der Waals surface area contributed by atoms with E-state index >= 15 is 0 Å². The summed E-state index contributed by atoms with van der Waals surface area (Å²) in [5, 5.41) is 6.12. The molecule has 1 aliphatic carbocycles. The lowest BCUT2D eigenvalue weighted by atomic mass is 9.86. The molecule has 1 fully saturated rings. The van der Waals surface area contributed by atoms with Gasteiger partial charge in [-0.2, -0.15) is 0 Å². The number of nitrogens with one attached hydrogen (secondary N) is 3. The first-order valence-electron chi connectivity index (χ1n) is 9.10. The molecule has 0 aromatic heterocycles. The minimum atomic E-state index is -3.24. The molecule has 1 aliphatic rings. The molecule has 0 aliphatic heterocycles. The smallest absolute Gasteiger partial charge is 0.213 e. The van der Waals surface area contributed by atoms with Crippen LogP contribution in [0.25, 0.3) is 0 Å². The number of benzene rings is 1. The summed E-state index contributed by atoms with van der Waals surface area (Å²) in [6.07, 6.45) is 3.47. The van der Waals surface area contributed by atoms with E-state index in [-0.39, 0.29) is 29.7 Å². The van der Waals surface area contributed by atoms with E-state index in [2.05, 4.69) is 20.3 Å². The Morgan fingerprint density at radius 2 is 1.85 bits per heavy atom. The molecular weight excluding hydrogens is 479 g/mol. The number of sulfonamides is 1. The van der Waals surface area contributed by atoms with Crippen molar-refractivity contribution in [3.63, 3.8) is 0 Å². The van der Waals surface area contributed by atoms with Crippen LogP contribution in [-0.2, 0) is 10.0 Å². The number of aliphatic imine (C=N–C) groups is 1. The van der Waals surface area contributed by atoms with Crippen molar-refractivity contribution in [2.45, 2.75) is 26.2 Å². The van der Waals surface area contributed by atoms with Gasteiger partial charge in [0.05, 0.1) is 12.3 Å². The average Bonchev–Trinajstić information content (AvgIpc) is 2.57. The van der Waals surface area contributed by atoms with Gasteiger partial charge < -0.3 is 15.4 Å². The molecule has 2 rings (SSSR count). The highest BCUT2D eigenvalue weighted by atomic mass is 127. The van der Waals surface area contributed by atoms with Crippen molar-refractivity contribution in [2.75, 3.05) is 39.0 Å². The number of hydrogen-bond donors (Lipinski definition) is 3. The molecule has 1 aromatic rings. The van der Waals surface area contributed by atoms with Crippen LogP contribution in [0.15, 0.2) is 29.3 Å². The van der Waals surface area contributed by atoms with Crippen LogP contribution in [0.3, 0.4) is 0 Å². The van der Waals surface area contributed by atoms with Gasteiger partial charge in [-0.3, -0.25) is 4.99 Å². The number of hydrogen-bond acceptors (Lipinski definition) is 4. The second kappa shape index (κ2) is 12.4. The first-order valence-corrected chi connectivity index (χ1v) is 10.7. The molecule has 27 heavy (non-hydrogen) atoms.